The first-order valence-electron chi connectivity index (χ1n) is 8.87. The lowest BCUT2D eigenvalue weighted by Gasteiger charge is -2.11. The number of nitrogens with zero attached hydrogens (tertiary/aromatic N) is 2. The lowest BCUT2D eigenvalue weighted by atomic mass is 10.3. The molecule has 0 bridgehead atoms. The van der Waals surface area contributed by atoms with Crippen LogP contribution in [0.25, 0.3) is 0 Å². The standard InChI is InChI=1S/C19H26N4OS.HI/c1-3-20-19(23-12-17-14(2)7-9-25-17)22-11-16-6-8-21-18(10-16)24-13-15-4-5-15;/h6-10,15H,3-5,11-13H2,1-2H3,(H2,20,22,23);1H. The normalized spacial score (nSPS) is 13.8. The number of aromatic nitrogens is 1. The summed E-state index contributed by atoms with van der Waals surface area (Å²) in [4.78, 5) is 10.3. The van der Waals surface area contributed by atoms with Gasteiger partial charge in [0.2, 0.25) is 5.88 Å². The SMILES string of the molecule is CCNC(=NCc1ccnc(OCC2CC2)c1)NCc1sccc1C.I. The molecule has 0 saturated heterocycles. The third-order valence-corrected chi connectivity index (χ3v) is 5.13. The molecule has 0 spiro atoms. The van der Waals surface area contributed by atoms with E-state index in [0.717, 1.165) is 37.1 Å². The van der Waals surface area contributed by atoms with Crippen LogP contribution in [0.1, 0.15) is 35.8 Å². The van der Waals surface area contributed by atoms with Gasteiger partial charge >= 0.3 is 0 Å². The van der Waals surface area contributed by atoms with Crippen molar-refractivity contribution in [1.29, 1.82) is 0 Å². The molecule has 0 radical (unpaired) electrons. The van der Waals surface area contributed by atoms with Gasteiger partial charge in [-0.05, 0) is 61.2 Å². The molecule has 1 fully saturated rings. The number of nitrogens with one attached hydrogen (secondary N) is 2. The van der Waals surface area contributed by atoms with E-state index in [2.05, 4.69) is 45.9 Å². The number of guanidine groups is 1. The van der Waals surface area contributed by atoms with E-state index in [-0.39, 0.29) is 24.0 Å². The largest absolute Gasteiger partial charge is 0.477 e. The van der Waals surface area contributed by atoms with E-state index >= 15 is 0 Å². The Hall–Kier alpha value is -1.35. The molecule has 2 heterocycles. The van der Waals surface area contributed by atoms with Crippen molar-refractivity contribution < 1.29 is 4.74 Å². The second-order valence-corrected chi connectivity index (χ2v) is 7.33. The van der Waals surface area contributed by atoms with Crippen LogP contribution in [-0.4, -0.2) is 24.1 Å². The van der Waals surface area contributed by atoms with Crippen molar-refractivity contribution in [2.75, 3.05) is 13.2 Å². The van der Waals surface area contributed by atoms with Gasteiger partial charge in [-0.15, -0.1) is 35.3 Å². The van der Waals surface area contributed by atoms with Gasteiger partial charge in [-0.1, -0.05) is 0 Å². The second kappa shape index (κ2) is 10.7. The number of aryl methyl sites for hydroxylation is 1. The number of pyridine rings is 1. The molecular formula is C19H27IN4OS. The van der Waals surface area contributed by atoms with Crippen LogP contribution in [0.4, 0.5) is 0 Å². The zero-order chi connectivity index (χ0) is 17.5. The zero-order valence-electron chi connectivity index (χ0n) is 15.3. The molecule has 0 unspecified atom stereocenters. The maximum Gasteiger partial charge on any atom is 0.213 e. The van der Waals surface area contributed by atoms with Gasteiger partial charge in [-0.3, -0.25) is 0 Å². The molecule has 0 amide bonds. The van der Waals surface area contributed by atoms with Gasteiger partial charge in [0.05, 0.1) is 19.7 Å². The number of thiophene rings is 1. The molecule has 2 aromatic heterocycles. The lowest BCUT2D eigenvalue weighted by Crippen LogP contribution is -2.36. The molecule has 1 saturated carbocycles. The fraction of sp³-hybridized carbons (Fsp3) is 0.474. The predicted molar refractivity (Wildman–Crippen MR) is 119 cm³/mol. The molecule has 0 aliphatic heterocycles. The zero-order valence-corrected chi connectivity index (χ0v) is 18.5. The summed E-state index contributed by atoms with van der Waals surface area (Å²) in [5.41, 5.74) is 2.42. The summed E-state index contributed by atoms with van der Waals surface area (Å²) in [7, 11) is 0. The van der Waals surface area contributed by atoms with E-state index in [9.17, 15) is 0 Å². The highest BCUT2D eigenvalue weighted by Gasteiger charge is 2.22. The van der Waals surface area contributed by atoms with E-state index in [4.69, 9.17) is 4.74 Å². The number of rotatable bonds is 8. The molecule has 1 aliphatic rings. The minimum Gasteiger partial charge on any atom is -0.477 e. The molecule has 5 nitrogen and oxygen atoms in total. The van der Waals surface area contributed by atoms with Gasteiger partial charge in [-0.25, -0.2) is 9.98 Å². The van der Waals surface area contributed by atoms with Crippen LogP contribution in [0.2, 0.25) is 0 Å². The fourth-order valence-electron chi connectivity index (χ4n) is 2.38. The maximum absolute atomic E-state index is 5.75. The van der Waals surface area contributed by atoms with Crippen LogP contribution in [0, 0.1) is 12.8 Å². The van der Waals surface area contributed by atoms with Gasteiger partial charge in [0, 0.05) is 23.7 Å². The van der Waals surface area contributed by atoms with Crippen molar-refractivity contribution in [2.45, 2.75) is 39.8 Å². The molecule has 2 aromatic rings. The Balaban J connectivity index is 0.00000243. The van der Waals surface area contributed by atoms with Crippen molar-refractivity contribution in [3.8, 4) is 5.88 Å². The summed E-state index contributed by atoms with van der Waals surface area (Å²) in [5.74, 6) is 2.26. The predicted octanol–water partition coefficient (Wildman–Crippen LogP) is 4.11. The summed E-state index contributed by atoms with van der Waals surface area (Å²) >= 11 is 1.77. The van der Waals surface area contributed by atoms with E-state index in [0.29, 0.717) is 12.4 Å². The van der Waals surface area contributed by atoms with Crippen LogP contribution < -0.4 is 15.4 Å². The highest BCUT2D eigenvalue weighted by molar-refractivity contribution is 14.0. The number of halogens is 1. The second-order valence-electron chi connectivity index (χ2n) is 6.33. The Morgan fingerprint density at radius 2 is 2.19 bits per heavy atom. The molecule has 0 atom stereocenters. The number of hydrogen-bond donors (Lipinski definition) is 2. The molecule has 1 aliphatic carbocycles. The molecule has 142 valence electrons. The van der Waals surface area contributed by atoms with Crippen LogP contribution >= 0.6 is 35.3 Å². The highest BCUT2D eigenvalue weighted by atomic mass is 127. The Bertz CT molecular complexity index is 715. The molecule has 2 N–H and O–H groups in total. The minimum absolute atomic E-state index is 0. The fourth-order valence-corrected chi connectivity index (χ4v) is 3.22. The molecule has 0 aromatic carbocycles. The number of aliphatic imine (C=N–C) groups is 1. The Morgan fingerprint density at radius 3 is 2.88 bits per heavy atom. The molecular weight excluding hydrogens is 459 g/mol. The van der Waals surface area contributed by atoms with Gasteiger partial charge < -0.3 is 15.4 Å². The smallest absolute Gasteiger partial charge is 0.213 e. The average molecular weight is 486 g/mol. The molecule has 7 heteroatoms. The lowest BCUT2D eigenvalue weighted by molar-refractivity contribution is 0.288. The Morgan fingerprint density at radius 1 is 1.35 bits per heavy atom. The van der Waals surface area contributed by atoms with Crippen molar-refractivity contribution in [2.24, 2.45) is 10.9 Å². The Labute approximate surface area is 176 Å². The maximum atomic E-state index is 5.75. The highest BCUT2D eigenvalue weighted by Crippen LogP contribution is 2.29. The summed E-state index contributed by atoms with van der Waals surface area (Å²) in [5, 5.41) is 8.82. The van der Waals surface area contributed by atoms with Crippen LogP contribution in [0.15, 0.2) is 34.8 Å². The summed E-state index contributed by atoms with van der Waals surface area (Å²) in [6, 6.07) is 6.12. The Kier molecular flexibility index (Phi) is 8.64. The van der Waals surface area contributed by atoms with E-state index in [1.807, 2.05) is 12.1 Å². The quantitative estimate of drug-likeness (QED) is 0.335. The number of hydrogen-bond acceptors (Lipinski definition) is 4. The van der Waals surface area contributed by atoms with Gasteiger partial charge in [0.1, 0.15) is 0 Å². The van der Waals surface area contributed by atoms with Crippen LogP contribution in [-0.2, 0) is 13.1 Å². The van der Waals surface area contributed by atoms with E-state index in [1.165, 1.54) is 23.3 Å². The summed E-state index contributed by atoms with van der Waals surface area (Å²) in [6.07, 6.45) is 4.36. The minimum atomic E-state index is 0. The van der Waals surface area contributed by atoms with Gasteiger partial charge in [-0.2, -0.15) is 0 Å². The first kappa shape index (κ1) is 21.0. The van der Waals surface area contributed by atoms with E-state index in [1.54, 1.807) is 17.5 Å². The van der Waals surface area contributed by atoms with Gasteiger partial charge in [0.15, 0.2) is 5.96 Å². The van der Waals surface area contributed by atoms with Crippen molar-refractivity contribution in [3.63, 3.8) is 0 Å². The average Bonchev–Trinajstić information content (AvgIpc) is 3.37. The van der Waals surface area contributed by atoms with Crippen molar-refractivity contribution in [1.82, 2.24) is 15.6 Å². The number of ether oxygens (including phenoxy) is 1. The van der Waals surface area contributed by atoms with E-state index < -0.39 is 0 Å². The van der Waals surface area contributed by atoms with Crippen LogP contribution in [0.5, 0.6) is 5.88 Å². The summed E-state index contributed by atoms with van der Waals surface area (Å²) in [6.45, 7) is 7.22. The summed E-state index contributed by atoms with van der Waals surface area (Å²) < 4.78 is 5.75. The van der Waals surface area contributed by atoms with Crippen LogP contribution in [0.3, 0.4) is 0 Å². The van der Waals surface area contributed by atoms with Crippen molar-refractivity contribution >= 4 is 41.3 Å². The third kappa shape index (κ3) is 6.75. The van der Waals surface area contributed by atoms with Crippen molar-refractivity contribution in [3.05, 3.63) is 45.8 Å². The molecule has 26 heavy (non-hydrogen) atoms. The first-order chi connectivity index (χ1) is 12.2. The first-order valence-corrected chi connectivity index (χ1v) is 9.75. The third-order valence-electron chi connectivity index (χ3n) is 4.11. The topological polar surface area (TPSA) is 58.5 Å². The monoisotopic (exact) mass is 486 g/mol. The van der Waals surface area contributed by atoms with Gasteiger partial charge in [0.25, 0.3) is 0 Å². The molecule has 3 rings (SSSR count).